The second-order valence-electron chi connectivity index (χ2n) is 8.26. The lowest BCUT2D eigenvalue weighted by atomic mass is 9.93. The number of para-hydroxylation sites is 1. The lowest BCUT2D eigenvalue weighted by Crippen LogP contribution is -2.34. The van der Waals surface area contributed by atoms with Gasteiger partial charge in [-0.25, -0.2) is 0 Å². The van der Waals surface area contributed by atoms with Crippen LogP contribution in [-0.2, 0) is 13.6 Å². The van der Waals surface area contributed by atoms with Crippen LogP contribution in [-0.4, -0.2) is 61.8 Å². The molecule has 29 heavy (non-hydrogen) atoms. The van der Waals surface area contributed by atoms with E-state index in [4.69, 9.17) is 9.47 Å². The van der Waals surface area contributed by atoms with Gasteiger partial charge in [-0.1, -0.05) is 18.2 Å². The Bertz CT molecular complexity index is 973. The monoisotopic (exact) mass is 393 g/mol. The van der Waals surface area contributed by atoms with E-state index in [1.54, 1.807) is 14.2 Å². The molecule has 1 aliphatic rings. The number of aryl methyl sites for hydroxylation is 1. The highest BCUT2D eigenvalue weighted by molar-refractivity contribution is 5.84. The molecule has 4 rings (SSSR count). The maximum Gasteiger partial charge on any atom is 0.122 e. The number of likely N-dealkylation sites (N-methyl/N-ethyl adjacent to an activating group) is 1. The summed E-state index contributed by atoms with van der Waals surface area (Å²) in [6, 6.07) is 15.4. The highest BCUT2D eigenvalue weighted by atomic mass is 16.5. The molecule has 1 aromatic heterocycles. The molecule has 3 aromatic rings. The number of ether oxygens (including phenoxy) is 2. The smallest absolute Gasteiger partial charge is 0.122 e. The minimum absolute atomic E-state index is 0.476. The summed E-state index contributed by atoms with van der Waals surface area (Å²) in [4.78, 5) is 4.92. The third kappa shape index (κ3) is 3.85. The van der Waals surface area contributed by atoms with Crippen molar-refractivity contribution in [3.05, 3.63) is 59.8 Å². The Kier molecular flexibility index (Phi) is 5.52. The van der Waals surface area contributed by atoms with Gasteiger partial charge in [-0.3, -0.25) is 4.90 Å². The van der Waals surface area contributed by atoms with E-state index in [0.717, 1.165) is 31.1 Å². The molecule has 5 nitrogen and oxygen atoms in total. The van der Waals surface area contributed by atoms with Crippen LogP contribution in [0.15, 0.2) is 48.7 Å². The van der Waals surface area contributed by atoms with Crippen molar-refractivity contribution < 1.29 is 9.47 Å². The second kappa shape index (κ2) is 8.09. The first-order chi connectivity index (χ1) is 14.0. The Morgan fingerprint density at radius 1 is 1.00 bits per heavy atom. The fourth-order valence-electron chi connectivity index (χ4n) is 4.71. The van der Waals surface area contributed by atoms with Gasteiger partial charge in [-0.15, -0.1) is 0 Å². The molecule has 2 aromatic carbocycles. The van der Waals surface area contributed by atoms with Gasteiger partial charge in [0.1, 0.15) is 11.5 Å². The molecule has 0 bridgehead atoms. The number of aromatic nitrogens is 1. The van der Waals surface area contributed by atoms with Crippen molar-refractivity contribution in [1.82, 2.24) is 14.4 Å². The van der Waals surface area contributed by atoms with Crippen LogP contribution < -0.4 is 9.47 Å². The third-order valence-corrected chi connectivity index (χ3v) is 6.17. The zero-order valence-electron chi connectivity index (χ0n) is 18.1. The molecule has 1 fully saturated rings. The normalized spacial score (nSPS) is 19.9. The van der Waals surface area contributed by atoms with Gasteiger partial charge in [-0.05, 0) is 43.4 Å². The summed E-state index contributed by atoms with van der Waals surface area (Å²) in [6.07, 6.45) is 2.32. The number of benzene rings is 2. The molecule has 0 amide bonds. The van der Waals surface area contributed by atoms with E-state index < -0.39 is 0 Å². The third-order valence-electron chi connectivity index (χ3n) is 6.17. The van der Waals surface area contributed by atoms with Crippen molar-refractivity contribution in [1.29, 1.82) is 0 Å². The van der Waals surface area contributed by atoms with Crippen LogP contribution in [0.25, 0.3) is 10.9 Å². The molecule has 0 saturated carbocycles. The van der Waals surface area contributed by atoms with E-state index in [9.17, 15) is 0 Å². The number of hydrogen-bond acceptors (Lipinski definition) is 4. The second-order valence-corrected chi connectivity index (χ2v) is 8.26. The van der Waals surface area contributed by atoms with Crippen LogP contribution in [0, 0.1) is 0 Å². The Balaban J connectivity index is 1.62. The first-order valence-electron chi connectivity index (χ1n) is 10.1. The summed E-state index contributed by atoms with van der Waals surface area (Å²) in [6.45, 7) is 2.97. The molecular formula is C24H31N3O2. The molecule has 2 heterocycles. The Hall–Kier alpha value is -2.50. The number of nitrogens with zero attached hydrogens (tertiary/aromatic N) is 3. The SMILES string of the molecule is COc1cc(CN2C[C@@H](N(C)C)[C@H](c3cn(C)c4ccccc34)C2)cc(OC)c1. The standard InChI is InChI=1S/C24H31N3O2/c1-25(2)24-16-27(13-17-10-18(28-4)12-19(11-17)29-5)15-22(24)21-14-26(3)23-9-7-6-8-20(21)23/h6-12,14,22,24H,13,15-16H2,1-5H3/t22-,24+/m0/s1. The van der Waals surface area contributed by atoms with Crippen LogP contribution in [0.3, 0.4) is 0 Å². The summed E-state index contributed by atoms with van der Waals surface area (Å²) >= 11 is 0. The van der Waals surface area contributed by atoms with E-state index in [-0.39, 0.29) is 0 Å². The number of fused-ring (bicyclic) bond motifs is 1. The Labute approximate surface area is 173 Å². The summed E-state index contributed by atoms with van der Waals surface area (Å²) in [5.41, 5.74) is 3.97. The highest BCUT2D eigenvalue weighted by Gasteiger charge is 2.36. The lowest BCUT2D eigenvalue weighted by Gasteiger charge is -2.25. The largest absolute Gasteiger partial charge is 0.497 e. The predicted octanol–water partition coefficient (Wildman–Crippen LogP) is 3.73. The summed E-state index contributed by atoms with van der Waals surface area (Å²) < 4.78 is 13.2. The van der Waals surface area contributed by atoms with Crippen molar-refractivity contribution in [2.24, 2.45) is 7.05 Å². The molecule has 0 N–H and O–H groups in total. The van der Waals surface area contributed by atoms with Gasteiger partial charge in [-0.2, -0.15) is 0 Å². The first kappa shape index (κ1) is 19.8. The van der Waals surface area contributed by atoms with E-state index >= 15 is 0 Å². The van der Waals surface area contributed by atoms with Crippen LogP contribution >= 0.6 is 0 Å². The van der Waals surface area contributed by atoms with Crippen molar-refractivity contribution in [2.45, 2.75) is 18.5 Å². The Morgan fingerprint density at radius 3 is 2.34 bits per heavy atom. The molecule has 5 heteroatoms. The molecule has 1 aliphatic heterocycles. The number of methoxy groups -OCH3 is 2. The maximum absolute atomic E-state index is 5.45. The minimum atomic E-state index is 0.476. The first-order valence-corrected chi connectivity index (χ1v) is 10.1. The summed E-state index contributed by atoms with van der Waals surface area (Å²) in [5, 5.41) is 1.37. The number of hydrogen-bond donors (Lipinski definition) is 0. The highest BCUT2D eigenvalue weighted by Crippen LogP contribution is 2.36. The molecule has 0 spiro atoms. The molecule has 0 aliphatic carbocycles. The molecule has 154 valence electrons. The Morgan fingerprint density at radius 2 is 1.69 bits per heavy atom. The van der Waals surface area contributed by atoms with Crippen molar-refractivity contribution >= 4 is 10.9 Å². The van der Waals surface area contributed by atoms with Gasteiger partial charge in [0.05, 0.1) is 14.2 Å². The maximum atomic E-state index is 5.45. The van der Waals surface area contributed by atoms with E-state index in [0.29, 0.717) is 12.0 Å². The van der Waals surface area contributed by atoms with Gasteiger partial charge in [0.25, 0.3) is 0 Å². The minimum Gasteiger partial charge on any atom is -0.497 e. The average molecular weight is 394 g/mol. The van der Waals surface area contributed by atoms with Crippen LogP contribution in [0.4, 0.5) is 0 Å². The topological polar surface area (TPSA) is 29.9 Å². The average Bonchev–Trinajstić information content (AvgIpc) is 3.29. The number of rotatable bonds is 6. The van der Waals surface area contributed by atoms with Crippen LogP contribution in [0.2, 0.25) is 0 Å². The molecule has 0 unspecified atom stereocenters. The van der Waals surface area contributed by atoms with Crippen LogP contribution in [0.5, 0.6) is 11.5 Å². The fraction of sp³-hybridized carbons (Fsp3) is 0.417. The fourth-order valence-corrected chi connectivity index (χ4v) is 4.71. The van der Waals surface area contributed by atoms with Gasteiger partial charge in [0.2, 0.25) is 0 Å². The van der Waals surface area contributed by atoms with E-state index in [1.165, 1.54) is 22.0 Å². The van der Waals surface area contributed by atoms with Gasteiger partial charge in [0, 0.05) is 61.8 Å². The van der Waals surface area contributed by atoms with Crippen molar-refractivity contribution in [3.63, 3.8) is 0 Å². The van der Waals surface area contributed by atoms with Gasteiger partial charge < -0.3 is 18.9 Å². The molecule has 0 radical (unpaired) electrons. The van der Waals surface area contributed by atoms with Gasteiger partial charge >= 0.3 is 0 Å². The van der Waals surface area contributed by atoms with Crippen LogP contribution in [0.1, 0.15) is 17.0 Å². The van der Waals surface area contributed by atoms with E-state index in [2.05, 4.69) is 78.1 Å². The quantitative estimate of drug-likeness (QED) is 0.638. The molecule has 1 saturated heterocycles. The summed E-state index contributed by atoms with van der Waals surface area (Å²) in [7, 11) is 9.94. The molecule has 2 atom stereocenters. The van der Waals surface area contributed by atoms with E-state index in [1.807, 2.05) is 6.07 Å². The van der Waals surface area contributed by atoms with Crippen molar-refractivity contribution in [2.75, 3.05) is 41.4 Å². The summed E-state index contributed by atoms with van der Waals surface area (Å²) in [5.74, 6) is 2.16. The molecular weight excluding hydrogens is 362 g/mol. The van der Waals surface area contributed by atoms with Gasteiger partial charge in [0.15, 0.2) is 0 Å². The van der Waals surface area contributed by atoms with Crippen molar-refractivity contribution in [3.8, 4) is 11.5 Å². The zero-order valence-corrected chi connectivity index (χ0v) is 18.1. The zero-order chi connectivity index (χ0) is 20.5. The number of likely N-dealkylation sites (tertiary alicyclic amines) is 1. The lowest BCUT2D eigenvalue weighted by molar-refractivity contribution is 0.259. The predicted molar refractivity (Wildman–Crippen MR) is 118 cm³/mol.